The van der Waals surface area contributed by atoms with Gasteiger partial charge in [-0.1, -0.05) is 25.8 Å². The monoisotopic (exact) mass is 672 g/mol. The Labute approximate surface area is 276 Å². The van der Waals surface area contributed by atoms with Crippen LogP contribution in [0.25, 0.3) is 0 Å². The van der Waals surface area contributed by atoms with Crippen molar-refractivity contribution in [2.75, 3.05) is 41.0 Å². The predicted molar refractivity (Wildman–Crippen MR) is 178 cm³/mol. The van der Waals surface area contributed by atoms with Gasteiger partial charge in [0.1, 0.15) is 17.5 Å². The van der Waals surface area contributed by atoms with E-state index in [1.165, 1.54) is 29.2 Å². The number of amides is 3. The molecule has 3 amide bonds. The van der Waals surface area contributed by atoms with Gasteiger partial charge in [-0.05, 0) is 88.6 Å². The molecule has 0 radical (unpaired) electrons. The zero-order chi connectivity index (χ0) is 34.1. The maximum Gasteiger partial charge on any atom is 0.414 e. The summed E-state index contributed by atoms with van der Waals surface area (Å²) in [4.78, 5) is 42.2. The maximum atomic E-state index is 16.1. The van der Waals surface area contributed by atoms with Gasteiger partial charge in [-0.25, -0.2) is 17.6 Å². The summed E-state index contributed by atoms with van der Waals surface area (Å²) in [7, 11) is -3.56. The van der Waals surface area contributed by atoms with Gasteiger partial charge in [0.15, 0.2) is 0 Å². The first-order valence-corrected chi connectivity index (χ1v) is 18.0. The summed E-state index contributed by atoms with van der Waals surface area (Å²) in [6.07, 6.45) is 4.70. The molecule has 1 spiro atoms. The van der Waals surface area contributed by atoms with E-state index in [1.54, 1.807) is 32.9 Å². The van der Waals surface area contributed by atoms with E-state index in [1.807, 2.05) is 0 Å². The van der Waals surface area contributed by atoms with Gasteiger partial charge >= 0.3 is 6.09 Å². The standard InChI is InChI=1S/C34H45FN4O7S/c1-21-9-11-22(12-10-21)29(37-30(40)23-7-6-8-24(17-23)38-47(5,43)44)31(41)36-25-18-26(35)28-27(19-25)39(32(42)46-33(2,3)4)20-34(28)13-15-45-16-14-34/h6-8,17-19,21-22,29,38H,9-16,20H2,1-5H3,(H,36,41)(H,37,40)/t21-,22-,29-/m0/s1. The predicted octanol–water partition coefficient (Wildman–Crippen LogP) is 5.56. The lowest BCUT2D eigenvalue weighted by molar-refractivity contribution is -0.119. The van der Waals surface area contributed by atoms with Crippen LogP contribution in [0.5, 0.6) is 0 Å². The van der Waals surface area contributed by atoms with Crippen LogP contribution in [0.1, 0.15) is 82.1 Å². The normalized spacial score (nSPS) is 21.4. The number of carbonyl (C=O) groups is 3. The second-order valence-electron chi connectivity index (χ2n) is 14.2. The van der Waals surface area contributed by atoms with Gasteiger partial charge in [-0.3, -0.25) is 19.2 Å². The maximum absolute atomic E-state index is 16.1. The number of rotatable bonds is 7. The largest absolute Gasteiger partial charge is 0.443 e. The Morgan fingerprint density at radius 2 is 1.72 bits per heavy atom. The van der Waals surface area contributed by atoms with Crippen LogP contribution in [0.15, 0.2) is 36.4 Å². The van der Waals surface area contributed by atoms with Crippen molar-refractivity contribution in [3.8, 4) is 0 Å². The molecule has 3 aliphatic rings. The molecule has 1 saturated carbocycles. The molecule has 2 aromatic carbocycles. The summed E-state index contributed by atoms with van der Waals surface area (Å²) in [6.45, 7) is 8.56. The smallest absolute Gasteiger partial charge is 0.414 e. The van der Waals surface area contributed by atoms with Crippen molar-refractivity contribution in [3.05, 3.63) is 53.3 Å². The summed E-state index contributed by atoms with van der Waals surface area (Å²) >= 11 is 0. The van der Waals surface area contributed by atoms with Gasteiger partial charge < -0.3 is 20.1 Å². The molecular weight excluding hydrogens is 627 g/mol. The Balaban J connectivity index is 1.43. The van der Waals surface area contributed by atoms with Crippen molar-refractivity contribution >= 4 is 45.0 Å². The zero-order valence-electron chi connectivity index (χ0n) is 27.7. The zero-order valence-corrected chi connectivity index (χ0v) is 28.5. The third-order valence-corrected chi connectivity index (χ3v) is 9.82. The molecule has 2 aliphatic heterocycles. The number of nitrogens with one attached hydrogen (secondary N) is 3. The highest BCUT2D eigenvalue weighted by atomic mass is 32.2. The molecule has 3 N–H and O–H groups in total. The van der Waals surface area contributed by atoms with Crippen LogP contribution in [0.3, 0.4) is 0 Å². The first-order valence-electron chi connectivity index (χ1n) is 16.2. The van der Waals surface area contributed by atoms with Crippen LogP contribution < -0.4 is 20.3 Å². The number of hydrogen-bond donors (Lipinski definition) is 3. The molecule has 1 aliphatic carbocycles. The van der Waals surface area contributed by atoms with Crippen molar-refractivity contribution in [1.82, 2.24) is 5.32 Å². The third kappa shape index (κ3) is 8.24. The molecule has 13 heteroatoms. The highest BCUT2D eigenvalue weighted by Crippen LogP contribution is 2.49. The van der Waals surface area contributed by atoms with Crippen molar-refractivity contribution in [2.24, 2.45) is 11.8 Å². The SMILES string of the molecule is CC(C)(C)OC(=O)N1CC2(CCOCC2)c2c(F)cc(NC(=O)[C@@H](NC(=O)c3cccc(NS(C)(=O)=O)c3)[C@H]3CC[C@H](C)CC3)cc21. The molecule has 2 fully saturated rings. The van der Waals surface area contributed by atoms with E-state index in [0.717, 1.165) is 19.1 Å². The third-order valence-electron chi connectivity index (χ3n) is 9.21. The lowest BCUT2D eigenvalue weighted by Crippen LogP contribution is -2.49. The first-order chi connectivity index (χ1) is 22.0. The summed E-state index contributed by atoms with van der Waals surface area (Å²) < 4.78 is 53.2. The number of nitrogens with zero attached hydrogens (tertiary/aromatic N) is 1. The number of carbonyl (C=O) groups excluding carboxylic acids is 3. The molecule has 0 bridgehead atoms. The number of benzene rings is 2. The molecule has 5 rings (SSSR count). The quantitative estimate of drug-likeness (QED) is 0.349. The molecule has 0 aromatic heterocycles. The van der Waals surface area contributed by atoms with Crippen molar-refractivity contribution in [1.29, 1.82) is 0 Å². The minimum absolute atomic E-state index is 0.159. The van der Waals surface area contributed by atoms with Gasteiger partial charge in [0, 0.05) is 47.7 Å². The van der Waals surface area contributed by atoms with E-state index in [0.29, 0.717) is 56.1 Å². The Hall–Kier alpha value is -3.71. The molecule has 1 saturated heterocycles. The minimum atomic E-state index is -3.56. The summed E-state index contributed by atoms with van der Waals surface area (Å²) in [5.41, 5.74) is -0.0793. The van der Waals surface area contributed by atoms with E-state index < -0.39 is 50.8 Å². The Morgan fingerprint density at radius 3 is 2.36 bits per heavy atom. The average Bonchev–Trinajstić information content (AvgIpc) is 3.28. The fourth-order valence-corrected chi connectivity index (χ4v) is 7.47. The number of anilines is 3. The van der Waals surface area contributed by atoms with Crippen molar-refractivity contribution in [3.63, 3.8) is 0 Å². The molecule has 0 unspecified atom stereocenters. The van der Waals surface area contributed by atoms with Crippen LogP contribution in [-0.2, 0) is 29.7 Å². The lowest BCUT2D eigenvalue weighted by atomic mass is 9.75. The van der Waals surface area contributed by atoms with Crippen LogP contribution in [0.4, 0.5) is 26.2 Å². The van der Waals surface area contributed by atoms with Crippen LogP contribution in [0.2, 0.25) is 0 Å². The first kappa shape index (κ1) is 34.6. The second-order valence-corrected chi connectivity index (χ2v) is 16.0. The molecule has 11 nitrogen and oxygen atoms in total. The van der Waals surface area contributed by atoms with Crippen LogP contribution >= 0.6 is 0 Å². The summed E-state index contributed by atoms with van der Waals surface area (Å²) in [5, 5.41) is 5.70. The van der Waals surface area contributed by atoms with E-state index in [9.17, 15) is 22.8 Å². The van der Waals surface area contributed by atoms with Gasteiger partial charge in [0.05, 0.1) is 11.9 Å². The van der Waals surface area contributed by atoms with E-state index in [4.69, 9.17) is 9.47 Å². The van der Waals surface area contributed by atoms with Crippen LogP contribution in [-0.4, -0.2) is 64.0 Å². The van der Waals surface area contributed by atoms with E-state index >= 15 is 4.39 Å². The number of sulfonamides is 1. The molecular formula is C34H45FN4O7S. The molecule has 2 aromatic rings. The highest BCUT2D eigenvalue weighted by molar-refractivity contribution is 7.92. The van der Waals surface area contributed by atoms with Crippen LogP contribution in [0, 0.1) is 17.7 Å². The molecule has 1 atom stereocenters. The van der Waals surface area contributed by atoms with Crippen molar-refractivity contribution in [2.45, 2.75) is 83.3 Å². The average molecular weight is 673 g/mol. The molecule has 2 heterocycles. The second kappa shape index (κ2) is 13.4. The highest BCUT2D eigenvalue weighted by Gasteiger charge is 2.49. The van der Waals surface area contributed by atoms with Gasteiger partial charge in [-0.15, -0.1) is 0 Å². The molecule has 256 valence electrons. The van der Waals surface area contributed by atoms with Gasteiger partial charge in [-0.2, -0.15) is 0 Å². The van der Waals surface area contributed by atoms with Gasteiger partial charge in [0.25, 0.3) is 5.91 Å². The van der Waals surface area contributed by atoms with Gasteiger partial charge in [0.2, 0.25) is 15.9 Å². The minimum Gasteiger partial charge on any atom is -0.443 e. The number of ether oxygens (including phenoxy) is 2. The fraction of sp³-hybridized carbons (Fsp3) is 0.559. The van der Waals surface area contributed by atoms with E-state index in [2.05, 4.69) is 22.3 Å². The number of halogens is 1. The Bertz CT molecular complexity index is 1630. The summed E-state index contributed by atoms with van der Waals surface area (Å²) in [5.74, 6) is -1.26. The lowest BCUT2D eigenvalue weighted by Gasteiger charge is -2.34. The number of hydrogen-bond acceptors (Lipinski definition) is 7. The Morgan fingerprint density at radius 1 is 1.04 bits per heavy atom. The number of fused-ring (bicyclic) bond motifs is 2. The topological polar surface area (TPSA) is 143 Å². The van der Waals surface area contributed by atoms with Crippen molar-refractivity contribution < 1.29 is 36.7 Å². The molecule has 47 heavy (non-hydrogen) atoms. The summed E-state index contributed by atoms with van der Waals surface area (Å²) in [6, 6.07) is 7.95. The Kier molecular flexibility index (Phi) is 9.89. The van der Waals surface area contributed by atoms with E-state index in [-0.39, 0.29) is 29.4 Å². The fourth-order valence-electron chi connectivity index (χ4n) is 6.92.